The number of rotatable bonds is 4. The minimum atomic E-state index is -0.213. The molecule has 82 valence electrons. The van der Waals surface area contributed by atoms with Crippen molar-refractivity contribution in [3.63, 3.8) is 0 Å². The third-order valence-corrected chi connectivity index (χ3v) is 2.24. The van der Waals surface area contributed by atoms with Gasteiger partial charge in [0.25, 0.3) is 0 Å². The molecule has 1 unspecified atom stereocenters. The number of aliphatic hydroxyl groups excluding tert-OH is 1. The van der Waals surface area contributed by atoms with Crippen LogP contribution in [0.5, 0.6) is 0 Å². The second-order valence-electron chi connectivity index (χ2n) is 3.76. The summed E-state index contributed by atoms with van der Waals surface area (Å²) in [5.41, 5.74) is 0. The molecule has 0 aromatic heterocycles. The van der Waals surface area contributed by atoms with Crippen molar-refractivity contribution in [3.05, 3.63) is 0 Å². The van der Waals surface area contributed by atoms with Gasteiger partial charge in [-0.25, -0.2) is 0 Å². The number of likely N-dealkylation sites (N-methyl/N-ethyl adjacent to an activating group) is 1. The molecule has 0 saturated carbocycles. The quantitative estimate of drug-likeness (QED) is 0.620. The summed E-state index contributed by atoms with van der Waals surface area (Å²) in [4.78, 5) is 15.1. The van der Waals surface area contributed by atoms with E-state index in [1.165, 1.54) is 0 Å². The zero-order chi connectivity index (χ0) is 10.6. The number of hydrogen-bond acceptors (Lipinski definition) is 4. The van der Waals surface area contributed by atoms with Crippen LogP contribution in [0.1, 0.15) is 0 Å². The molecule has 0 radical (unpaired) electrons. The Balaban J connectivity index is 2.36. The number of ether oxygens (including phenoxy) is 1. The van der Waals surface area contributed by atoms with Crippen molar-refractivity contribution >= 4 is 5.91 Å². The minimum absolute atomic E-state index is 0.0107. The first-order chi connectivity index (χ1) is 6.63. The molecule has 1 amide bonds. The molecule has 14 heavy (non-hydrogen) atoms. The normalized spacial score (nSPS) is 23.3. The molecule has 0 aliphatic carbocycles. The van der Waals surface area contributed by atoms with Crippen LogP contribution in [0.3, 0.4) is 0 Å². The number of morpholine rings is 1. The van der Waals surface area contributed by atoms with E-state index < -0.39 is 0 Å². The lowest BCUT2D eigenvalue weighted by Gasteiger charge is -2.32. The van der Waals surface area contributed by atoms with Crippen LogP contribution in [0.25, 0.3) is 0 Å². The van der Waals surface area contributed by atoms with Gasteiger partial charge in [0.2, 0.25) is 5.91 Å². The van der Waals surface area contributed by atoms with Crippen molar-refractivity contribution in [2.45, 2.75) is 6.10 Å². The van der Waals surface area contributed by atoms with Crippen LogP contribution in [0.2, 0.25) is 0 Å². The summed E-state index contributed by atoms with van der Waals surface area (Å²) < 4.78 is 5.12. The number of carbonyl (C=O) groups is 1. The molecule has 0 aromatic carbocycles. The molecule has 0 bridgehead atoms. The molecule has 1 saturated heterocycles. The first kappa shape index (κ1) is 11.4. The first-order valence-corrected chi connectivity index (χ1v) is 4.78. The van der Waals surface area contributed by atoms with Crippen LogP contribution in [0.4, 0.5) is 0 Å². The number of carbonyl (C=O) groups excluding carboxylic acids is 1. The topological polar surface area (TPSA) is 53.0 Å². The lowest BCUT2D eigenvalue weighted by molar-refractivity contribution is -0.151. The minimum Gasteiger partial charge on any atom is -0.394 e. The fourth-order valence-corrected chi connectivity index (χ4v) is 1.33. The number of hydrogen-bond donors (Lipinski definition) is 1. The van der Waals surface area contributed by atoms with Gasteiger partial charge < -0.3 is 19.6 Å². The Kier molecular flexibility index (Phi) is 4.31. The van der Waals surface area contributed by atoms with E-state index in [0.717, 1.165) is 6.54 Å². The van der Waals surface area contributed by atoms with Gasteiger partial charge in [-0.3, -0.25) is 4.79 Å². The van der Waals surface area contributed by atoms with Gasteiger partial charge in [-0.1, -0.05) is 0 Å². The van der Waals surface area contributed by atoms with Crippen LogP contribution in [0.15, 0.2) is 0 Å². The van der Waals surface area contributed by atoms with Gasteiger partial charge in [-0.15, -0.1) is 0 Å². The molecule has 1 rings (SSSR count). The third kappa shape index (κ3) is 3.25. The van der Waals surface area contributed by atoms with E-state index in [1.807, 2.05) is 19.0 Å². The van der Waals surface area contributed by atoms with Crippen molar-refractivity contribution in [1.29, 1.82) is 0 Å². The van der Waals surface area contributed by atoms with Gasteiger partial charge in [0, 0.05) is 19.6 Å². The average molecular weight is 202 g/mol. The monoisotopic (exact) mass is 202 g/mol. The fraction of sp³-hybridized carbons (Fsp3) is 0.889. The molecule has 1 fully saturated rings. The van der Waals surface area contributed by atoms with Gasteiger partial charge in [-0.05, 0) is 14.1 Å². The highest BCUT2D eigenvalue weighted by Crippen LogP contribution is 2.05. The molecule has 1 N–H and O–H groups in total. The standard InChI is InChI=1S/C9H18N2O3/c1-10(2)3-4-11-5-8(6-12)14-7-9(11)13/h8,12H,3-7H2,1-2H3. The van der Waals surface area contributed by atoms with Gasteiger partial charge in [0.15, 0.2) is 0 Å². The zero-order valence-electron chi connectivity index (χ0n) is 8.77. The second kappa shape index (κ2) is 5.29. The summed E-state index contributed by atoms with van der Waals surface area (Å²) >= 11 is 0. The van der Waals surface area contributed by atoms with E-state index in [0.29, 0.717) is 13.1 Å². The molecule has 0 aromatic rings. The van der Waals surface area contributed by atoms with E-state index in [-0.39, 0.29) is 25.2 Å². The van der Waals surface area contributed by atoms with E-state index in [2.05, 4.69) is 0 Å². The van der Waals surface area contributed by atoms with Crippen molar-refractivity contribution < 1.29 is 14.6 Å². The Morgan fingerprint density at radius 3 is 2.93 bits per heavy atom. The zero-order valence-corrected chi connectivity index (χ0v) is 8.77. The Morgan fingerprint density at radius 2 is 2.36 bits per heavy atom. The molecule has 1 heterocycles. The molecular weight excluding hydrogens is 184 g/mol. The largest absolute Gasteiger partial charge is 0.394 e. The number of nitrogens with zero attached hydrogens (tertiary/aromatic N) is 2. The summed E-state index contributed by atoms with van der Waals surface area (Å²) in [6.07, 6.45) is -0.213. The van der Waals surface area contributed by atoms with E-state index in [9.17, 15) is 4.79 Å². The van der Waals surface area contributed by atoms with Crippen molar-refractivity contribution in [2.24, 2.45) is 0 Å². The predicted molar refractivity (Wildman–Crippen MR) is 52.0 cm³/mol. The van der Waals surface area contributed by atoms with Crippen LogP contribution in [-0.4, -0.2) is 73.9 Å². The first-order valence-electron chi connectivity index (χ1n) is 4.78. The summed E-state index contributed by atoms with van der Waals surface area (Å²) in [5, 5.41) is 8.90. The summed E-state index contributed by atoms with van der Waals surface area (Å²) in [7, 11) is 3.93. The molecular formula is C9H18N2O3. The summed E-state index contributed by atoms with van der Waals surface area (Å²) in [5.74, 6) is 0.0107. The predicted octanol–water partition coefficient (Wildman–Crippen LogP) is -1.23. The molecule has 1 aliphatic rings. The van der Waals surface area contributed by atoms with E-state index >= 15 is 0 Å². The molecule has 5 nitrogen and oxygen atoms in total. The molecule has 0 spiro atoms. The number of amides is 1. The third-order valence-electron chi connectivity index (χ3n) is 2.24. The highest BCUT2D eigenvalue weighted by Gasteiger charge is 2.25. The summed E-state index contributed by atoms with van der Waals surface area (Å²) in [6.45, 7) is 2.11. The van der Waals surface area contributed by atoms with Crippen molar-refractivity contribution in [3.8, 4) is 0 Å². The maximum Gasteiger partial charge on any atom is 0.248 e. The molecule has 1 aliphatic heterocycles. The maximum atomic E-state index is 11.4. The SMILES string of the molecule is CN(C)CCN1CC(CO)OCC1=O. The van der Waals surface area contributed by atoms with Gasteiger partial charge >= 0.3 is 0 Å². The van der Waals surface area contributed by atoms with Crippen LogP contribution >= 0.6 is 0 Å². The Hall–Kier alpha value is -0.650. The Bertz CT molecular complexity index is 196. The Labute approximate surface area is 84.2 Å². The van der Waals surface area contributed by atoms with Gasteiger partial charge in [-0.2, -0.15) is 0 Å². The molecule has 5 heteroatoms. The van der Waals surface area contributed by atoms with Crippen molar-refractivity contribution in [2.75, 3.05) is 46.9 Å². The second-order valence-corrected chi connectivity index (χ2v) is 3.76. The fourth-order valence-electron chi connectivity index (χ4n) is 1.33. The molecule has 1 atom stereocenters. The van der Waals surface area contributed by atoms with E-state index in [1.54, 1.807) is 4.90 Å². The lowest BCUT2D eigenvalue weighted by Crippen LogP contribution is -2.49. The van der Waals surface area contributed by atoms with Gasteiger partial charge in [0.1, 0.15) is 6.61 Å². The highest BCUT2D eigenvalue weighted by atomic mass is 16.5. The maximum absolute atomic E-state index is 11.4. The lowest BCUT2D eigenvalue weighted by atomic mass is 10.3. The highest BCUT2D eigenvalue weighted by molar-refractivity contribution is 5.78. The van der Waals surface area contributed by atoms with Crippen LogP contribution < -0.4 is 0 Å². The number of aliphatic hydroxyl groups is 1. The van der Waals surface area contributed by atoms with Gasteiger partial charge in [0.05, 0.1) is 12.7 Å². The summed E-state index contributed by atoms with van der Waals surface area (Å²) in [6, 6.07) is 0. The van der Waals surface area contributed by atoms with Crippen LogP contribution in [0, 0.1) is 0 Å². The smallest absolute Gasteiger partial charge is 0.248 e. The van der Waals surface area contributed by atoms with Crippen LogP contribution in [-0.2, 0) is 9.53 Å². The average Bonchev–Trinajstić information content (AvgIpc) is 2.16. The van der Waals surface area contributed by atoms with Crippen molar-refractivity contribution in [1.82, 2.24) is 9.80 Å². The Morgan fingerprint density at radius 1 is 1.64 bits per heavy atom. The van der Waals surface area contributed by atoms with E-state index in [4.69, 9.17) is 9.84 Å².